The average Bonchev–Trinajstić information content (AvgIpc) is 2.73. The number of esters is 2. The maximum Gasteiger partial charge on any atom is 0.451 e. The molecule has 4 saturated carbocycles. The molecule has 5 rings (SSSR count). The Morgan fingerprint density at radius 3 is 2.11 bits per heavy atom. The van der Waals surface area contributed by atoms with Crippen LogP contribution in [-0.4, -0.2) is 49.3 Å². The zero-order valence-electron chi connectivity index (χ0n) is 18.9. The van der Waals surface area contributed by atoms with Gasteiger partial charge in [-0.2, -0.15) is 21.6 Å². The Bertz CT molecular complexity index is 1100. The highest BCUT2D eigenvalue weighted by Gasteiger charge is 2.72. The smallest absolute Gasteiger partial charge is 0.451 e. The first-order valence-corrected chi connectivity index (χ1v) is 12.7. The molecule has 1 aromatic rings. The van der Waals surface area contributed by atoms with E-state index in [1.807, 2.05) is 6.92 Å². The summed E-state index contributed by atoms with van der Waals surface area (Å²) in [4.78, 5) is 23.7. The number of hydrogen-bond donors (Lipinski definition) is 1. The molecule has 0 aromatic heterocycles. The summed E-state index contributed by atoms with van der Waals surface area (Å²) in [5.41, 5.74) is 2.00. The SMILES string of the molecule is Cc1ccc(C23CC4CC(CC(COC(=O)COC(=O)C(F)(C(F)(F)F)S(=O)(=O)O)(C4)C2)C3)cc1. The maximum atomic E-state index is 14.0. The van der Waals surface area contributed by atoms with Crippen LogP contribution in [0.2, 0.25) is 0 Å². The molecule has 35 heavy (non-hydrogen) atoms. The number of aryl methyl sites for hydroxylation is 1. The summed E-state index contributed by atoms with van der Waals surface area (Å²) in [5.74, 6) is -3.30. The van der Waals surface area contributed by atoms with E-state index in [9.17, 15) is 35.6 Å². The van der Waals surface area contributed by atoms with Crippen molar-refractivity contribution in [2.24, 2.45) is 17.3 Å². The van der Waals surface area contributed by atoms with E-state index >= 15 is 0 Å². The summed E-state index contributed by atoms with van der Waals surface area (Å²) >= 11 is 0. The fraction of sp³-hybridized carbons (Fsp3) is 0.652. The second-order valence-electron chi connectivity index (χ2n) is 10.4. The van der Waals surface area contributed by atoms with E-state index in [-0.39, 0.29) is 17.4 Å². The second-order valence-corrected chi connectivity index (χ2v) is 11.9. The quantitative estimate of drug-likeness (QED) is 0.327. The molecule has 0 spiro atoms. The highest BCUT2D eigenvalue weighted by atomic mass is 32.2. The number of alkyl halides is 4. The van der Waals surface area contributed by atoms with E-state index in [2.05, 4.69) is 29.0 Å². The summed E-state index contributed by atoms with van der Waals surface area (Å²) in [6.45, 7) is 0.541. The van der Waals surface area contributed by atoms with Crippen molar-refractivity contribution in [3.05, 3.63) is 35.4 Å². The van der Waals surface area contributed by atoms with Crippen LogP contribution in [0.1, 0.15) is 49.7 Å². The van der Waals surface area contributed by atoms with Crippen molar-refractivity contribution in [1.29, 1.82) is 0 Å². The van der Waals surface area contributed by atoms with Gasteiger partial charge >= 0.3 is 33.2 Å². The zero-order valence-corrected chi connectivity index (χ0v) is 19.8. The molecule has 1 N–H and O–H groups in total. The van der Waals surface area contributed by atoms with Gasteiger partial charge in [-0.05, 0) is 68.3 Å². The van der Waals surface area contributed by atoms with Gasteiger partial charge in [-0.25, -0.2) is 14.0 Å². The van der Waals surface area contributed by atoms with Crippen LogP contribution in [0.4, 0.5) is 17.6 Å². The standard InChI is InChI=1S/C23H26F4O7S/c1-14-2-4-17(5-3-14)21-9-15-6-16(10-21)8-20(7-15,12-21)13-34-18(28)11-33-19(29)22(24,23(25,26)27)35(30,31)32/h2-5,15-16H,6-13H2,1H3,(H,30,31,32). The Hall–Kier alpha value is -2.21. The van der Waals surface area contributed by atoms with Crippen molar-refractivity contribution < 1.29 is 49.6 Å². The van der Waals surface area contributed by atoms with Gasteiger partial charge in [-0.15, -0.1) is 0 Å². The van der Waals surface area contributed by atoms with E-state index in [0.717, 1.165) is 44.1 Å². The Balaban J connectivity index is 1.41. The highest BCUT2D eigenvalue weighted by molar-refractivity contribution is 7.88. The van der Waals surface area contributed by atoms with Crippen molar-refractivity contribution in [3.8, 4) is 0 Å². The van der Waals surface area contributed by atoms with Crippen LogP contribution in [-0.2, 0) is 34.6 Å². The molecule has 0 aliphatic heterocycles. The van der Waals surface area contributed by atoms with Gasteiger partial charge < -0.3 is 9.47 Å². The third-order valence-corrected chi connectivity index (χ3v) is 8.80. The van der Waals surface area contributed by atoms with E-state index < -0.39 is 39.8 Å². The van der Waals surface area contributed by atoms with Gasteiger partial charge in [0, 0.05) is 5.41 Å². The van der Waals surface area contributed by atoms with Crippen molar-refractivity contribution in [2.45, 2.75) is 62.0 Å². The molecule has 4 aliphatic carbocycles. The molecule has 0 saturated heterocycles. The van der Waals surface area contributed by atoms with Crippen LogP contribution in [0, 0.1) is 24.2 Å². The van der Waals surface area contributed by atoms with Crippen molar-refractivity contribution in [1.82, 2.24) is 0 Å². The number of hydrogen-bond acceptors (Lipinski definition) is 6. The molecule has 1 aromatic carbocycles. The lowest BCUT2D eigenvalue weighted by Gasteiger charge is -2.62. The normalized spacial score (nSPS) is 31.6. The van der Waals surface area contributed by atoms with Crippen LogP contribution in [0.5, 0.6) is 0 Å². The van der Waals surface area contributed by atoms with E-state index in [4.69, 9.17) is 9.29 Å². The van der Waals surface area contributed by atoms with Crippen LogP contribution in [0.3, 0.4) is 0 Å². The molecule has 12 heteroatoms. The Morgan fingerprint density at radius 2 is 1.60 bits per heavy atom. The molecule has 0 heterocycles. The first-order chi connectivity index (χ1) is 16.1. The molecule has 0 amide bonds. The van der Waals surface area contributed by atoms with Crippen LogP contribution >= 0.6 is 0 Å². The summed E-state index contributed by atoms with van der Waals surface area (Å²) in [6, 6.07) is 8.38. The lowest BCUT2D eigenvalue weighted by molar-refractivity contribution is -0.216. The molecule has 4 fully saturated rings. The largest absolute Gasteiger partial charge is 0.463 e. The van der Waals surface area contributed by atoms with E-state index in [1.54, 1.807) is 0 Å². The maximum absolute atomic E-state index is 14.0. The topological polar surface area (TPSA) is 107 Å². The molecule has 0 radical (unpaired) electrons. The number of carbonyl (C=O) groups excluding carboxylic acids is 2. The predicted octanol–water partition coefficient (Wildman–Crippen LogP) is 4.04. The minimum Gasteiger partial charge on any atom is -0.463 e. The molecular weight excluding hydrogens is 496 g/mol. The Labute approximate surface area is 199 Å². The minimum absolute atomic E-state index is 0.0394. The average molecular weight is 523 g/mol. The molecule has 194 valence electrons. The first kappa shape index (κ1) is 25.9. The lowest BCUT2D eigenvalue weighted by Crippen LogP contribution is -2.56. The van der Waals surface area contributed by atoms with Gasteiger partial charge in [-0.1, -0.05) is 29.8 Å². The minimum atomic E-state index is -6.57. The molecule has 3 atom stereocenters. The number of ether oxygens (including phenoxy) is 2. The van der Waals surface area contributed by atoms with Crippen molar-refractivity contribution >= 4 is 22.1 Å². The number of carbonyl (C=O) groups is 2. The van der Waals surface area contributed by atoms with Crippen molar-refractivity contribution in [2.75, 3.05) is 13.2 Å². The first-order valence-electron chi connectivity index (χ1n) is 11.2. The molecule has 3 unspecified atom stereocenters. The highest BCUT2D eigenvalue weighted by Crippen LogP contribution is 2.65. The third kappa shape index (κ3) is 4.54. The van der Waals surface area contributed by atoms with Crippen LogP contribution < -0.4 is 0 Å². The van der Waals surface area contributed by atoms with Crippen LogP contribution in [0.15, 0.2) is 24.3 Å². The molecule has 4 bridgehead atoms. The summed E-state index contributed by atoms with van der Waals surface area (Å²) in [7, 11) is -6.57. The lowest BCUT2D eigenvalue weighted by atomic mass is 9.43. The van der Waals surface area contributed by atoms with Gasteiger partial charge in [0.05, 0.1) is 6.61 Å². The van der Waals surface area contributed by atoms with Gasteiger partial charge in [0.15, 0.2) is 6.61 Å². The van der Waals surface area contributed by atoms with Gasteiger partial charge in [0.2, 0.25) is 0 Å². The van der Waals surface area contributed by atoms with Crippen molar-refractivity contribution in [3.63, 3.8) is 0 Å². The molecular formula is C23H26F4O7S. The number of halogens is 4. The predicted molar refractivity (Wildman–Crippen MR) is 113 cm³/mol. The summed E-state index contributed by atoms with van der Waals surface area (Å²) in [5, 5.41) is -5.71. The monoisotopic (exact) mass is 522 g/mol. The Morgan fingerprint density at radius 1 is 1.03 bits per heavy atom. The van der Waals surface area contributed by atoms with E-state index in [1.165, 1.54) is 5.56 Å². The van der Waals surface area contributed by atoms with Gasteiger partial charge in [-0.3, -0.25) is 4.55 Å². The molecule has 4 aliphatic rings. The Kier molecular flexibility index (Phi) is 6.23. The van der Waals surface area contributed by atoms with E-state index in [0.29, 0.717) is 11.8 Å². The third-order valence-electron chi connectivity index (χ3n) is 7.69. The zero-order chi connectivity index (χ0) is 25.9. The van der Waals surface area contributed by atoms with Gasteiger partial charge in [0.25, 0.3) is 0 Å². The fourth-order valence-electron chi connectivity index (χ4n) is 6.73. The molecule has 7 nitrogen and oxygen atoms in total. The summed E-state index contributed by atoms with van der Waals surface area (Å²) in [6.07, 6.45) is -0.731. The van der Waals surface area contributed by atoms with Gasteiger partial charge in [0.1, 0.15) is 0 Å². The second kappa shape index (κ2) is 8.43. The van der Waals surface area contributed by atoms with Crippen LogP contribution in [0.25, 0.3) is 0 Å². The summed E-state index contributed by atoms with van der Waals surface area (Å²) < 4.78 is 92.0. The number of benzene rings is 1. The number of rotatable bonds is 7. The fourth-order valence-corrected chi connectivity index (χ4v) is 7.29.